The van der Waals surface area contributed by atoms with Crippen molar-refractivity contribution in [1.82, 2.24) is 9.78 Å². The van der Waals surface area contributed by atoms with E-state index in [1.165, 1.54) is 0 Å². The maximum atomic E-state index is 11.8. The Balaban J connectivity index is 2.10. The van der Waals surface area contributed by atoms with Gasteiger partial charge in [-0.2, -0.15) is 5.10 Å². The van der Waals surface area contributed by atoms with Gasteiger partial charge in [-0.05, 0) is 31.2 Å². The highest BCUT2D eigenvalue weighted by Crippen LogP contribution is 2.34. The molecule has 1 aliphatic rings. The molecule has 5 heteroatoms. The monoisotopic (exact) mass is 266 g/mol. The first kappa shape index (κ1) is 14.1. The van der Waals surface area contributed by atoms with E-state index in [1.54, 1.807) is 4.68 Å². The van der Waals surface area contributed by atoms with Crippen LogP contribution in [-0.2, 0) is 21.3 Å². The molecule has 0 radical (unpaired) electrons. The van der Waals surface area contributed by atoms with Crippen molar-refractivity contribution in [1.29, 1.82) is 0 Å². The second kappa shape index (κ2) is 6.70. The average molecular weight is 266 g/mol. The number of hydrogen-bond acceptors (Lipinski definition) is 4. The SMILES string of the molecule is CCOC(=O)CC(c1cnn(C)c1)C1CCOCC1. The lowest BCUT2D eigenvalue weighted by Crippen LogP contribution is -2.24. The number of aryl methyl sites for hydroxylation is 1. The Kier molecular flexibility index (Phi) is 4.96. The molecule has 0 spiro atoms. The quantitative estimate of drug-likeness (QED) is 0.764. The van der Waals surface area contributed by atoms with E-state index >= 15 is 0 Å². The van der Waals surface area contributed by atoms with Crippen molar-refractivity contribution in [3.8, 4) is 0 Å². The fourth-order valence-corrected chi connectivity index (χ4v) is 2.71. The van der Waals surface area contributed by atoms with Crippen LogP contribution in [-0.4, -0.2) is 35.6 Å². The first-order valence-corrected chi connectivity index (χ1v) is 6.92. The van der Waals surface area contributed by atoms with Crippen LogP contribution in [0.3, 0.4) is 0 Å². The minimum Gasteiger partial charge on any atom is -0.466 e. The van der Waals surface area contributed by atoms with Crippen LogP contribution < -0.4 is 0 Å². The molecule has 1 aliphatic heterocycles. The van der Waals surface area contributed by atoms with Crippen molar-refractivity contribution in [3.05, 3.63) is 18.0 Å². The van der Waals surface area contributed by atoms with Crippen LogP contribution in [0.25, 0.3) is 0 Å². The lowest BCUT2D eigenvalue weighted by atomic mass is 9.80. The van der Waals surface area contributed by atoms with Crippen LogP contribution in [0, 0.1) is 5.92 Å². The molecule has 2 rings (SSSR count). The Morgan fingerprint density at radius 2 is 2.32 bits per heavy atom. The number of aromatic nitrogens is 2. The minimum absolute atomic E-state index is 0.122. The van der Waals surface area contributed by atoms with Gasteiger partial charge in [0.1, 0.15) is 0 Å². The van der Waals surface area contributed by atoms with Gasteiger partial charge in [0.25, 0.3) is 0 Å². The molecule has 0 amide bonds. The molecule has 0 aromatic carbocycles. The topological polar surface area (TPSA) is 53.3 Å². The Bertz CT molecular complexity index is 411. The van der Waals surface area contributed by atoms with E-state index in [9.17, 15) is 4.79 Å². The van der Waals surface area contributed by atoms with Crippen LogP contribution in [0.4, 0.5) is 0 Å². The number of carbonyl (C=O) groups is 1. The summed E-state index contributed by atoms with van der Waals surface area (Å²) in [4.78, 5) is 11.8. The number of carbonyl (C=O) groups excluding carboxylic acids is 1. The van der Waals surface area contributed by atoms with E-state index in [-0.39, 0.29) is 11.9 Å². The highest BCUT2D eigenvalue weighted by Gasteiger charge is 2.28. The zero-order valence-electron chi connectivity index (χ0n) is 11.7. The lowest BCUT2D eigenvalue weighted by molar-refractivity contribution is -0.144. The zero-order chi connectivity index (χ0) is 13.7. The Labute approximate surface area is 113 Å². The molecule has 0 N–H and O–H groups in total. The van der Waals surface area contributed by atoms with Gasteiger partial charge in [0, 0.05) is 32.4 Å². The van der Waals surface area contributed by atoms with Crippen molar-refractivity contribution in [2.45, 2.75) is 32.1 Å². The van der Waals surface area contributed by atoms with E-state index in [0.29, 0.717) is 18.9 Å². The molecule has 1 atom stereocenters. The van der Waals surface area contributed by atoms with Gasteiger partial charge < -0.3 is 9.47 Å². The summed E-state index contributed by atoms with van der Waals surface area (Å²) in [5.74, 6) is 0.543. The number of rotatable bonds is 5. The molecule has 1 saturated heterocycles. The summed E-state index contributed by atoms with van der Waals surface area (Å²) in [5, 5.41) is 4.22. The first-order valence-electron chi connectivity index (χ1n) is 6.92. The lowest BCUT2D eigenvalue weighted by Gasteiger charge is -2.29. The van der Waals surface area contributed by atoms with Gasteiger partial charge in [0.05, 0.1) is 19.2 Å². The second-order valence-corrected chi connectivity index (χ2v) is 5.01. The summed E-state index contributed by atoms with van der Waals surface area (Å²) in [7, 11) is 1.90. The van der Waals surface area contributed by atoms with E-state index in [1.807, 2.05) is 26.4 Å². The Hall–Kier alpha value is -1.36. The molecule has 2 heterocycles. The highest BCUT2D eigenvalue weighted by atomic mass is 16.5. The van der Waals surface area contributed by atoms with Gasteiger partial charge in [0.2, 0.25) is 0 Å². The summed E-state index contributed by atoms with van der Waals surface area (Å²) in [5.41, 5.74) is 1.13. The third-order valence-electron chi connectivity index (χ3n) is 3.68. The maximum absolute atomic E-state index is 11.8. The van der Waals surface area contributed by atoms with Crippen molar-refractivity contribution in [2.75, 3.05) is 19.8 Å². The second-order valence-electron chi connectivity index (χ2n) is 5.01. The van der Waals surface area contributed by atoms with Crippen molar-refractivity contribution >= 4 is 5.97 Å². The molecule has 19 heavy (non-hydrogen) atoms. The summed E-state index contributed by atoms with van der Waals surface area (Å²) in [6.07, 6.45) is 6.29. The number of esters is 1. The predicted octanol–water partition coefficient (Wildman–Crippen LogP) is 1.88. The van der Waals surface area contributed by atoms with Gasteiger partial charge in [-0.25, -0.2) is 0 Å². The molecule has 1 unspecified atom stereocenters. The van der Waals surface area contributed by atoms with Gasteiger partial charge in [-0.1, -0.05) is 0 Å². The molecule has 0 saturated carbocycles. The number of nitrogens with zero attached hydrogens (tertiary/aromatic N) is 2. The van der Waals surface area contributed by atoms with Crippen LogP contribution in [0.5, 0.6) is 0 Å². The summed E-state index contributed by atoms with van der Waals surface area (Å²) in [6, 6.07) is 0. The zero-order valence-corrected chi connectivity index (χ0v) is 11.7. The van der Waals surface area contributed by atoms with Gasteiger partial charge in [-0.3, -0.25) is 9.48 Å². The molecular weight excluding hydrogens is 244 g/mol. The van der Waals surface area contributed by atoms with E-state index in [2.05, 4.69) is 5.10 Å². The standard InChI is InChI=1S/C14H22N2O3/c1-3-19-14(17)8-13(11-4-6-18-7-5-11)12-9-15-16(2)10-12/h9-11,13H,3-8H2,1-2H3. The molecule has 106 valence electrons. The average Bonchev–Trinajstić information content (AvgIpc) is 2.84. The Morgan fingerprint density at radius 3 is 2.89 bits per heavy atom. The van der Waals surface area contributed by atoms with Crippen molar-refractivity contribution in [2.24, 2.45) is 13.0 Å². The summed E-state index contributed by atoms with van der Waals surface area (Å²) < 4.78 is 12.3. The molecule has 0 bridgehead atoms. The third-order valence-corrected chi connectivity index (χ3v) is 3.68. The van der Waals surface area contributed by atoms with Gasteiger partial charge in [-0.15, -0.1) is 0 Å². The van der Waals surface area contributed by atoms with E-state index in [0.717, 1.165) is 31.6 Å². The van der Waals surface area contributed by atoms with E-state index in [4.69, 9.17) is 9.47 Å². The van der Waals surface area contributed by atoms with Gasteiger partial charge in [0.15, 0.2) is 0 Å². The first-order chi connectivity index (χ1) is 9.20. The molecule has 1 aromatic heterocycles. The highest BCUT2D eigenvalue weighted by molar-refractivity contribution is 5.70. The smallest absolute Gasteiger partial charge is 0.306 e. The van der Waals surface area contributed by atoms with Crippen LogP contribution in [0.2, 0.25) is 0 Å². The minimum atomic E-state index is -0.122. The van der Waals surface area contributed by atoms with Crippen molar-refractivity contribution in [3.63, 3.8) is 0 Å². The largest absolute Gasteiger partial charge is 0.466 e. The van der Waals surface area contributed by atoms with Crippen molar-refractivity contribution < 1.29 is 14.3 Å². The molecule has 1 fully saturated rings. The van der Waals surface area contributed by atoms with Crippen LogP contribution in [0.1, 0.15) is 37.7 Å². The molecule has 5 nitrogen and oxygen atoms in total. The maximum Gasteiger partial charge on any atom is 0.306 e. The molecule has 1 aromatic rings. The van der Waals surface area contributed by atoms with Crippen LogP contribution in [0.15, 0.2) is 12.4 Å². The predicted molar refractivity (Wildman–Crippen MR) is 70.7 cm³/mol. The normalized spacial score (nSPS) is 18.2. The third kappa shape index (κ3) is 3.80. The van der Waals surface area contributed by atoms with Crippen LogP contribution >= 0.6 is 0 Å². The fraction of sp³-hybridized carbons (Fsp3) is 0.714. The number of ether oxygens (including phenoxy) is 2. The summed E-state index contributed by atoms with van der Waals surface area (Å²) in [6.45, 7) is 3.84. The molecule has 0 aliphatic carbocycles. The molecular formula is C14H22N2O3. The number of hydrogen-bond donors (Lipinski definition) is 0. The fourth-order valence-electron chi connectivity index (χ4n) is 2.71. The van der Waals surface area contributed by atoms with Gasteiger partial charge >= 0.3 is 5.97 Å². The van der Waals surface area contributed by atoms with E-state index < -0.39 is 0 Å². The summed E-state index contributed by atoms with van der Waals surface area (Å²) >= 11 is 0. The Morgan fingerprint density at radius 1 is 1.58 bits per heavy atom.